The molecule has 0 radical (unpaired) electrons. The lowest BCUT2D eigenvalue weighted by Gasteiger charge is -2.20. The molecule has 2 aliphatic rings. The number of nitrogens with zero attached hydrogens (tertiary/aromatic N) is 1. The minimum Gasteiger partial charge on any atom is -0.326 e. The fourth-order valence-electron chi connectivity index (χ4n) is 3.91. The number of sulfone groups is 1. The van der Waals surface area contributed by atoms with Gasteiger partial charge >= 0.3 is 0 Å². The van der Waals surface area contributed by atoms with Crippen molar-refractivity contribution in [3.8, 4) is 0 Å². The molecule has 8 heteroatoms. The van der Waals surface area contributed by atoms with Crippen LogP contribution in [-0.2, 0) is 32.3 Å². The lowest BCUT2D eigenvalue weighted by atomic mass is 10.1. The summed E-state index contributed by atoms with van der Waals surface area (Å²) in [4.78, 5) is 26.9. The van der Waals surface area contributed by atoms with E-state index >= 15 is 0 Å². The summed E-state index contributed by atoms with van der Waals surface area (Å²) in [6.07, 6.45) is 3.05. The normalized spacial score (nSPS) is 15.6. The maximum Gasteiger partial charge on any atom is 0.230 e. The van der Waals surface area contributed by atoms with Crippen LogP contribution in [0, 0.1) is 5.92 Å². The van der Waals surface area contributed by atoms with E-state index in [0.717, 1.165) is 30.4 Å². The van der Waals surface area contributed by atoms with E-state index in [2.05, 4.69) is 21.2 Å². The van der Waals surface area contributed by atoms with Crippen LogP contribution in [0.15, 0.2) is 45.8 Å². The van der Waals surface area contributed by atoms with Crippen molar-refractivity contribution in [1.82, 2.24) is 0 Å². The highest BCUT2D eigenvalue weighted by Gasteiger charge is 2.39. The van der Waals surface area contributed by atoms with Crippen molar-refractivity contribution in [2.24, 2.45) is 5.92 Å². The van der Waals surface area contributed by atoms with Gasteiger partial charge < -0.3 is 10.2 Å². The Hall–Kier alpha value is -2.19. The molecule has 1 N–H and O–H groups in total. The summed E-state index contributed by atoms with van der Waals surface area (Å²) in [6.45, 7) is 2.53. The number of hydrogen-bond acceptors (Lipinski definition) is 4. The van der Waals surface area contributed by atoms with Crippen molar-refractivity contribution in [3.05, 3.63) is 52.0 Å². The Bertz CT molecular complexity index is 1140. The van der Waals surface area contributed by atoms with Crippen molar-refractivity contribution in [2.45, 2.75) is 43.9 Å². The zero-order chi connectivity index (χ0) is 22.2. The molecule has 0 spiro atoms. The molecular formula is C23H25BrN2O4S. The largest absolute Gasteiger partial charge is 0.326 e. The van der Waals surface area contributed by atoms with Crippen molar-refractivity contribution in [1.29, 1.82) is 0 Å². The van der Waals surface area contributed by atoms with Gasteiger partial charge in [-0.25, -0.2) is 8.42 Å². The number of halogens is 1. The van der Waals surface area contributed by atoms with Gasteiger partial charge in [0.05, 0.1) is 16.3 Å². The summed E-state index contributed by atoms with van der Waals surface area (Å²) in [5, 5.41) is 2.78. The predicted octanol–water partition coefficient (Wildman–Crippen LogP) is 4.11. The Morgan fingerprint density at radius 2 is 1.97 bits per heavy atom. The first-order valence-electron chi connectivity index (χ1n) is 10.5. The SMILES string of the molecule is CCc1cccc(NC(=O)CCS(=O)(=O)c2cc(Br)cc3c2N(C(=O)C2CC2)CC3)c1. The highest BCUT2D eigenvalue weighted by atomic mass is 79.9. The molecule has 1 aliphatic carbocycles. The lowest BCUT2D eigenvalue weighted by molar-refractivity contribution is -0.119. The van der Waals surface area contributed by atoms with Crippen LogP contribution in [0.4, 0.5) is 11.4 Å². The van der Waals surface area contributed by atoms with Crippen molar-refractivity contribution < 1.29 is 18.0 Å². The maximum atomic E-state index is 13.2. The van der Waals surface area contributed by atoms with E-state index in [1.54, 1.807) is 17.0 Å². The van der Waals surface area contributed by atoms with E-state index in [-0.39, 0.29) is 34.8 Å². The zero-order valence-electron chi connectivity index (χ0n) is 17.4. The van der Waals surface area contributed by atoms with Gasteiger partial charge in [-0.1, -0.05) is 35.0 Å². The average molecular weight is 505 g/mol. The first kappa shape index (κ1) is 22.0. The third kappa shape index (κ3) is 4.85. The molecule has 1 heterocycles. The van der Waals surface area contributed by atoms with Gasteiger partial charge in [0.25, 0.3) is 0 Å². The van der Waals surface area contributed by atoms with Crippen molar-refractivity contribution in [2.75, 3.05) is 22.5 Å². The molecule has 0 bridgehead atoms. The summed E-state index contributed by atoms with van der Waals surface area (Å²) >= 11 is 3.40. The molecule has 0 atom stereocenters. The van der Waals surface area contributed by atoms with Crippen LogP contribution in [0.25, 0.3) is 0 Å². The molecule has 1 fully saturated rings. The Kier molecular flexibility index (Phi) is 6.21. The van der Waals surface area contributed by atoms with Gasteiger partial charge in [-0.2, -0.15) is 0 Å². The average Bonchev–Trinajstić information content (AvgIpc) is 3.51. The number of hydrogen-bond donors (Lipinski definition) is 1. The minimum absolute atomic E-state index is 0.00562. The lowest BCUT2D eigenvalue weighted by Crippen LogP contribution is -2.31. The van der Waals surface area contributed by atoms with Crippen LogP contribution < -0.4 is 10.2 Å². The molecule has 1 aliphatic heterocycles. The van der Waals surface area contributed by atoms with Crippen LogP contribution in [0.3, 0.4) is 0 Å². The molecule has 2 aromatic carbocycles. The summed E-state index contributed by atoms with van der Waals surface area (Å²) in [5.74, 6) is -0.657. The van der Waals surface area contributed by atoms with E-state index in [0.29, 0.717) is 28.8 Å². The number of aryl methyl sites for hydroxylation is 1. The Morgan fingerprint density at radius 1 is 1.19 bits per heavy atom. The van der Waals surface area contributed by atoms with E-state index in [4.69, 9.17) is 0 Å². The molecular weight excluding hydrogens is 480 g/mol. The monoisotopic (exact) mass is 504 g/mol. The number of amides is 2. The van der Waals surface area contributed by atoms with Gasteiger partial charge in [0.1, 0.15) is 0 Å². The summed E-state index contributed by atoms with van der Waals surface area (Å²) in [7, 11) is -3.76. The van der Waals surface area contributed by atoms with Gasteiger partial charge in [-0.3, -0.25) is 9.59 Å². The number of anilines is 2. The highest BCUT2D eigenvalue weighted by Crippen LogP contribution is 2.41. The predicted molar refractivity (Wildman–Crippen MR) is 124 cm³/mol. The molecule has 1 saturated carbocycles. The number of nitrogens with one attached hydrogen (secondary N) is 1. The third-order valence-electron chi connectivity index (χ3n) is 5.74. The standard InChI is InChI=1S/C23H25BrN2O4S/c1-2-15-4-3-5-19(12-15)25-21(27)9-11-31(29,30)20-14-18(24)13-17-8-10-26(22(17)20)23(28)16-6-7-16/h3-5,12-14,16H,2,6-11H2,1H3,(H,25,27). The minimum atomic E-state index is -3.76. The Morgan fingerprint density at radius 3 is 2.68 bits per heavy atom. The van der Waals surface area contributed by atoms with Crippen LogP contribution in [-0.4, -0.2) is 32.5 Å². The molecule has 2 aromatic rings. The second kappa shape index (κ2) is 8.74. The van der Waals surface area contributed by atoms with Crippen LogP contribution in [0.1, 0.15) is 37.3 Å². The zero-order valence-corrected chi connectivity index (χ0v) is 19.8. The molecule has 0 saturated heterocycles. The first-order chi connectivity index (χ1) is 14.8. The Balaban J connectivity index is 1.52. The molecule has 0 unspecified atom stereocenters. The topological polar surface area (TPSA) is 83.6 Å². The number of carbonyl (C=O) groups is 2. The Labute approximate surface area is 191 Å². The maximum absolute atomic E-state index is 13.2. The van der Waals surface area contributed by atoms with Crippen molar-refractivity contribution in [3.63, 3.8) is 0 Å². The second-order valence-corrected chi connectivity index (χ2v) is 11.1. The number of benzene rings is 2. The van der Waals surface area contributed by atoms with E-state index < -0.39 is 9.84 Å². The van der Waals surface area contributed by atoms with Gasteiger partial charge in [0.15, 0.2) is 9.84 Å². The van der Waals surface area contributed by atoms with Gasteiger partial charge in [-0.05, 0) is 61.1 Å². The molecule has 4 rings (SSSR count). The van der Waals surface area contributed by atoms with Crippen LogP contribution >= 0.6 is 15.9 Å². The molecule has 31 heavy (non-hydrogen) atoms. The fourth-order valence-corrected chi connectivity index (χ4v) is 6.08. The molecule has 164 valence electrons. The van der Waals surface area contributed by atoms with Crippen LogP contribution in [0.5, 0.6) is 0 Å². The molecule has 0 aromatic heterocycles. The summed E-state index contributed by atoms with van der Waals surface area (Å²) < 4.78 is 27.1. The molecule has 6 nitrogen and oxygen atoms in total. The number of fused-ring (bicyclic) bond motifs is 1. The van der Waals surface area contributed by atoms with Crippen LogP contribution in [0.2, 0.25) is 0 Å². The van der Waals surface area contributed by atoms with Gasteiger partial charge in [-0.15, -0.1) is 0 Å². The first-order valence-corrected chi connectivity index (χ1v) is 13.0. The number of rotatable bonds is 7. The smallest absolute Gasteiger partial charge is 0.230 e. The molecule has 2 amide bonds. The van der Waals surface area contributed by atoms with E-state index in [9.17, 15) is 18.0 Å². The van der Waals surface area contributed by atoms with E-state index in [1.807, 2.05) is 31.2 Å². The van der Waals surface area contributed by atoms with Gasteiger partial charge in [0.2, 0.25) is 11.8 Å². The quantitative estimate of drug-likeness (QED) is 0.614. The van der Waals surface area contributed by atoms with E-state index in [1.165, 1.54) is 0 Å². The number of carbonyl (C=O) groups excluding carboxylic acids is 2. The van der Waals surface area contributed by atoms with Crippen molar-refractivity contribution >= 4 is 49.0 Å². The highest BCUT2D eigenvalue weighted by molar-refractivity contribution is 9.10. The third-order valence-corrected chi connectivity index (χ3v) is 7.92. The second-order valence-electron chi connectivity index (χ2n) is 8.10. The van der Waals surface area contributed by atoms with Gasteiger partial charge in [0, 0.05) is 29.0 Å². The summed E-state index contributed by atoms with van der Waals surface area (Å²) in [5.41, 5.74) is 3.10. The summed E-state index contributed by atoms with van der Waals surface area (Å²) in [6, 6.07) is 10.9. The fraction of sp³-hybridized carbons (Fsp3) is 0.391.